The van der Waals surface area contributed by atoms with Gasteiger partial charge < -0.3 is 0 Å². The molecule has 0 N–H and O–H groups in total. The Balaban J connectivity index is 1.35. The van der Waals surface area contributed by atoms with Crippen molar-refractivity contribution in [2.24, 2.45) is 4.99 Å². The summed E-state index contributed by atoms with van der Waals surface area (Å²) in [6, 6.07) is 32.6. The molecule has 6 rings (SSSR count). The average Bonchev–Trinajstić information content (AvgIpc) is 2.98. The Morgan fingerprint density at radius 2 is 1.23 bits per heavy atom. The summed E-state index contributed by atoms with van der Waals surface area (Å²) >= 11 is 0. The van der Waals surface area contributed by atoms with Crippen molar-refractivity contribution in [3.05, 3.63) is 144 Å². The molecule has 0 amide bonds. The highest BCUT2D eigenvalue weighted by Gasteiger charge is 2.10. The van der Waals surface area contributed by atoms with Crippen molar-refractivity contribution in [2.75, 3.05) is 0 Å². The minimum absolute atomic E-state index is 0.775. The van der Waals surface area contributed by atoms with E-state index in [0.29, 0.717) is 0 Å². The summed E-state index contributed by atoms with van der Waals surface area (Å²) in [5, 5.41) is 7.59. The molecule has 1 aliphatic rings. The lowest BCUT2D eigenvalue weighted by molar-refractivity contribution is 1.00. The topological polar surface area (TPSA) is 12.4 Å². The molecule has 5 aromatic rings. The zero-order chi connectivity index (χ0) is 26.9. The summed E-state index contributed by atoms with van der Waals surface area (Å²) in [7, 11) is 0. The first-order valence-electron chi connectivity index (χ1n) is 13.7. The molecule has 0 fully saturated rings. The van der Waals surface area contributed by atoms with Gasteiger partial charge in [0.2, 0.25) is 0 Å². The van der Waals surface area contributed by atoms with Crippen LogP contribution in [-0.4, -0.2) is 5.71 Å². The van der Waals surface area contributed by atoms with Crippen LogP contribution in [0.25, 0.3) is 43.6 Å². The van der Waals surface area contributed by atoms with Crippen LogP contribution in [0, 0.1) is 0 Å². The normalized spacial score (nSPS) is 14.5. The van der Waals surface area contributed by atoms with E-state index in [1.165, 1.54) is 54.6 Å². The van der Waals surface area contributed by atoms with Crippen LogP contribution in [0.4, 0.5) is 0 Å². The van der Waals surface area contributed by atoms with Gasteiger partial charge in [-0.3, -0.25) is 4.99 Å². The molecule has 0 unspecified atom stereocenters. The van der Waals surface area contributed by atoms with Crippen molar-refractivity contribution >= 4 is 49.3 Å². The summed E-state index contributed by atoms with van der Waals surface area (Å²) in [5.41, 5.74) is 9.07. The molecular formula is C38H33N. The second-order valence-electron chi connectivity index (χ2n) is 10.5. The quantitative estimate of drug-likeness (QED) is 0.167. The summed E-state index contributed by atoms with van der Waals surface area (Å²) in [6.45, 7) is 10.8. The van der Waals surface area contributed by atoms with E-state index in [-0.39, 0.29) is 0 Å². The van der Waals surface area contributed by atoms with Crippen molar-refractivity contribution in [1.29, 1.82) is 0 Å². The third-order valence-electron chi connectivity index (χ3n) is 7.92. The Hall–Kier alpha value is -4.49. The van der Waals surface area contributed by atoms with E-state index >= 15 is 0 Å². The molecule has 0 aromatic heterocycles. The van der Waals surface area contributed by atoms with Crippen LogP contribution in [-0.2, 0) is 0 Å². The van der Waals surface area contributed by atoms with Crippen molar-refractivity contribution in [3.63, 3.8) is 0 Å². The standard InChI is InChI=1S/C38H33N/c1-25-12-5-6-13-29(25)22-26(2)30-14-11-15-31(23-30)27(3)39-28(4)32-20-21-37-35-18-8-7-16-33(35)34-17-9-10-19-36(34)38(37)24-32/h7-24H,4-6H2,1-3H3/b26-22+,39-27?. The van der Waals surface area contributed by atoms with Gasteiger partial charge >= 0.3 is 0 Å². The third-order valence-corrected chi connectivity index (χ3v) is 7.92. The zero-order valence-electron chi connectivity index (χ0n) is 23.0. The summed E-state index contributed by atoms with van der Waals surface area (Å²) < 4.78 is 0. The minimum atomic E-state index is 0.775. The minimum Gasteiger partial charge on any atom is -0.253 e. The van der Waals surface area contributed by atoms with E-state index in [0.717, 1.165) is 35.4 Å². The van der Waals surface area contributed by atoms with Gasteiger partial charge in [-0.2, -0.15) is 0 Å². The van der Waals surface area contributed by atoms with Gasteiger partial charge in [-0.25, -0.2) is 0 Å². The van der Waals surface area contributed by atoms with Crippen LogP contribution in [0.5, 0.6) is 0 Å². The van der Waals surface area contributed by atoms with Crippen molar-refractivity contribution in [2.45, 2.75) is 33.6 Å². The fraction of sp³-hybridized carbons (Fsp3) is 0.132. The van der Waals surface area contributed by atoms with Gasteiger partial charge in [0.05, 0.1) is 5.70 Å². The monoisotopic (exact) mass is 503 g/mol. The number of benzene rings is 5. The van der Waals surface area contributed by atoms with Gasteiger partial charge in [0.25, 0.3) is 0 Å². The molecule has 1 nitrogen and oxygen atoms in total. The number of allylic oxidation sites excluding steroid dienone is 6. The molecule has 0 radical (unpaired) electrons. The predicted molar refractivity (Wildman–Crippen MR) is 171 cm³/mol. The molecule has 0 saturated carbocycles. The smallest absolute Gasteiger partial charge is 0.0633 e. The van der Waals surface area contributed by atoms with Crippen molar-refractivity contribution < 1.29 is 0 Å². The Morgan fingerprint density at radius 1 is 0.641 bits per heavy atom. The molecule has 1 aliphatic carbocycles. The van der Waals surface area contributed by atoms with Gasteiger partial charge in [0, 0.05) is 11.3 Å². The second-order valence-corrected chi connectivity index (χ2v) is 10.5. The van der Waals surface area contributed by atoms with Crippen LogP contribution in [0.3, 0.4) is 0 Å². The highest BCUT2D eigenvalue weighted by Crippen LogP contribution is 2.36. The Bertz CT molecular complexity index is 1860. The SMILES string of the molecule is C=C(N=C(C)c1cccc(/C(C)=C/C2=CCCC=C2C)c1)c1ccc2c3ccccc3c3ccccc3c2c1. The molecule has 190 valence electrons. The Labute approximate surface area is 231 Å². The number of aliphatic imine (C=N–C) groups is 1. The highest BCUT2D eigenvalue weighted by atomic mass is 14.7. The molecule has 5 aromatic carbocycles. The summed E-state index contributed by atoms with van der Waals surface area (Å²) in [6.07, 6.45) is 9.23. The Kier molecular flexibility index (Phi) is 6.59. The largest absolute Gasteiger partial charge is 0.253 e. The fourth-order valence-corrected chi connectivity index (χ4v) is 5.72. The number of rotatable bonds is 5. The van der Waals surface area contributed by atoms with Gasteiger partial charge in [0.15, 0.2) is 0 Å². The maximum atomic E-state index is 4.98. The van der Waals surface area contributed by atoms with Crippen LogP contribution in [0.1, 0.15) is 50.3 Å². The maximum absolute atomic E-state index is 4.98. The second kappa shape index (κ2) is 10.3. The number of nitrogens with zero attached hydrogens (tertiary/aromatic N) is 1. The molecular weight excluding hydrogens is 470 g/mol. The van der Waals surface area contributed by atoms with Gasteiger partial charge in [-0.05, 0) is 106 Å². The van der Waals surface area contributed by atoms with E-state index in [1.807, 2.05) is 0 Å². The van der Waals surface area contributed by atoms with E-state index in [1.54, 1.807) is 0 Å². The van der Waals surface area contributed by atoms with Crippen LogP contribution < -0.4 is 0 Å². The van der Waals surface area contributed by atoms with Crippen molar-refractivity contribution in [3.8, 4) is 0 Å². The third kappa shape index (κ3) is 4.77. The zero-order valence-corrected chi connectivity index (χ0v) is 23.0. The summed E-state index contributed by atoms with van der Waals surface area (Å²) in [5.74, 6) is 0. The number of fused-ring (bicyclic) bond motifs is 6. The first-order valence-corrected chi connectivity index (χ1v) is 13.7. The van der Waals surface area contributed by atoms with Crippen LogP contribution in [0.15, 0.2) is 132 Å². The highest BCUT2D eigenvalue weighted by molar-refractivity contribution is 6.25. The molecule has 0 atom stereocenters. The average molecular weight is 504 g/mol. The Morgan fingerprint density at radius 3 is 1.90 bits per heavy atom. The molecule has 0 spiro atoms. The predicted octanol–water partition coefficient (Wildman–Crippen LogP) is 10.7. The fourth-order valence-electron chi connectivity index (χ4n) is 5.72. The molecule has 0 saturated heterocycles. The molecule has 0 aliphatic heterocycles. The number of hydrogen-bond acceptors (Lipinski definition) is 1. The molecule has 0 bridgehead atoms. The van der Waals surface area contributed by atoms with E-state index in [2.05, 4.69) is 137 Å². The van der Waals surface area contributed by atoms with Gasteiger partial charge in [0.1, 0.15) is 0 Å². The van der Waals surface area contributed by atoms with Gasteiger partial charge in [-0.15, -0.1) is 0 Å². The lowest BCUT2D eigenvalue weighted by Gasteiger charge is -2.12. The van der Waals surface area contributed by atoms with E-state index < -0.39 is 0 Å². The van der Waals surface area contributed by atoms with E-state index in [4.69, 9.17) is 4.99 Å². The van der Waals surface area contributed by atoms with Crippen LogP contribution in [0.2, 0.25) is 0 Å². The lowest BCUT2D eigenvalue weighted by atomic mass is 9.93. The maximum Gasteiger partial charge on any atom is 0.0633 e. The first-order chi connectivity index (χ1) is 19.0. The first kappa shape index (κ1) is 24.8. The molecule has 0 heterocycles. The van der Waals surface area contributed by atoms with Gasteiger partial charge in [-0.1, -0.05) is 104 Å². The van der Waals surface area contributed by atoms with Crippen molar-refractivity contribution in [1.82, 2.24) is 0 Å². The number of hydrogen-bond donors (Lipinski definition) is 0. The van der Waals surface area contributed by atoms with Crippen LogP contribution >= 0.6 is 0 Å². The van der Waals surface area contributed by atoms with E-state index in [9.17, 15) is 0 Å². The molecule has 39 heavy (non-hydrogen) atoms. The summed E-state index contributed by atoms with van der Waals surface area (Å²) in [4.78, 5) is 4.98. The lowest BCUT2D eigenvalue weighted by Crippen LogP contribution is -1.97. The molecule has 1 heteroatoms.